The molecule has 2 aliphatic heterocycles. The molecule has 0 bridgehead atoms. The zero-order chi connectivity index (χ0) is 23.0. The topological polar surface area (TPSA) is 87.2 Å². The molecule has 1 atom stereocenters. The van der Waals surface area contributed by atoms with E-state index in [-0.39, 0.29) is 27.9 Å². The molecule has 0 unspecified atom stereocenters. The standard InChI is InChI=1S/C22H24ClN3O5S/c1-15-14-32(29,30)26(21(15)27)16-7-8-17(18(23)13-16)22(28)25-11-9-24(10-12-25)19-5-3-4-6-20(19)31-2/h3-8,13,15H,9-12,14H2,1-2H3/t15-/m1/s1. The molecule has 10 heteroatoms. The van der Waals surface area contributed by atoms with Crippen LogP contribution in [0.4, 0.5) is 11.4 Å². The van der Waals surface area contributed by atoms with Crippen LogP contribution in [0, 0.1) is 5.92 Å². The summed E-state index contributed by atoms with van der Waals surface area (Å²) >= 11 is 6.36. The molecule has 0 aromatic heterocycles. The van der Waals surface area contributed by atoms with Crippen LogP contribution in [0.5, 0.6) is 5.75 Å². The number of anilines is 2. The second-order valence-electron chi connectivity index (χ2n) is 7.90. The van der Waals surface area contributed by atoms with Crippen LogP contribution in [0.25, 0.3) is 0 Å². The van der Waals surface area contributed by atoms with Gasteiger partial charge in [-0.05, 0) is 30.3 Å². The predicted molar refractivity (Wildman–Crippen MR) is 123 cm³/mol. The van der Waals surface area contributed by atoms with Crippen molar-refractivity contribution < 1.29 is 22.7 Å². The highest BCUT2D eigenvalue weighted by molar-refractivity contribution is 7.94. The molecule has 2 aliphatic rings. The Morgan fingerprint density at radius 2 is 1.78 bits per heavy atom. The first-order chi connectivity index (χ1) is 15.2. The lowest BCUT2D eigenvalue weighted by molar-refractivity contribution is -0.119. The number of amides is 2. The molecule has 0 radical (unpaired) electrons. The van der Waals surface area contributed by atoms with Crippen LogP contribution in [0.15, 0.2) is 42.5 Å². The Balaban J connectivity index is 1.48. The van der Waals surface area contributed by atoms with Crippen LogP contribution in [-0.4, -0.2) is 64.2 Å². The normalized spacial score (nSPS) is 20.5. The summed E-state index contributed by atoms with van der Waals surface area (Å²) in [6, 6.07) is 12.1. The average molecular weight is 478 g/mol. The number of piperazine rings is 1. The van der Waals surface area contributed by atoms with Crippen LogP contribution < -0.4 is 13.9 Å². The number of methoxy groups -OCH3 is 1. The third kappa shape index (κ3) is 4.02. The van der Waals surface area contributed by atoms with Crippen LogP contribution in [-0.2, 0) is 14.8 Å². The van der Waals surface area contributed by atoms with E-state index in [0.717, 1.165) is 15.7 Å². The van der Waals surface area contributed by atoms with Crippen molar-refractivity contribution in [3.8, 4) is 5.75 Å². The van der Waals surface area contributed by atoms with E-state index in [1.807, 2.05) is 24.3 Å². The quantitative estimate of drug-likeness (QED) is 0.672. The largest absolute Gasteiger partial charge is 0.495 e. The second kappa shape index (κ2) is 8.63. The molecule has 0 saturated carbocycles. The van der Waals surface area contributed by atoms with E-state index in [4.69, 9.17) is 16.3 Å². The van der Waals surface area contributed by atoms with Gasteiger partial charge in [0.15, 0.2) is 0 Å². The van der Waals surface area contributed by atoms with E-state index in [1.165, 1.54) is 18.2 Å². The van der Waals surface area contributed by atoms with Crippen molar-refractivity contribution in [2.45, 2.75) is 6.92 Å². The third-order valence-electron chi connectivity index (χ3n) is 5.77. The van der Waals surface area contributed by atoms with Gasteiger partial charge in [0, 0.05) is 26.2 Å². The number of sulfonamides is 1. The minimum Gasteiger partial charge on any atom is -0.495 e. The Kier molecular flexibility index (Phi) is 6.05. The number of halogens is 1. The minimum absolute atomic E-state index is 0.113. The van der Waals surface area contributed by atoms with Gasteiger partial charge in [0.2, 0.25) is 15.9 Å². The van der Waals surface area contributed by atoms with Crippen molar-refractivity contribution >= 4 is 44.8 Å². The van der Waals surface area contributed by atoms with E-state index in [9.17, 15) is 18.0 Å². The predicted octanol–water partition coefficient (Wildman–Crippen LogP) is 2.62. The Labute approximate surface area is 192 Å². The van der Waals surface area contributed by atoms with Gasteiger partial charge in [0.05, 0.1) is 40.7 Å². The molecule has 2 aromatic rings. The Morgan fingerprint density at radius 3 is 2.38 bits per heavy atom. The fourth-order valence-electron chi connectivity index (χ4n) is 4.10. The second-order valence-corrected chi connectivity index (χ2v) is 10.2. The summed E-state index contributed by atoms with van der Waals surface area (Å²) in [7, 11) is -2.10. The van der Waals surface area contributed by atoms with Crippen molar-refractivity contribution in [2.75, 3.05) is 48.2 Å². The zero-order valence-electron chi connectivity index (χ0n) is 17.8. The van der Waals surface area contributed by atoms with Gasteiger partial charge < -0.3 is 14.5 Å². The lowest BCUT2D eigenvalue weighted by Gasteiger charge is -2.36. The van der Waals surface area contributed by atoms with E-state index in [1.54, 1.807) is 18.9 Å². The van der Waals surface area contributed by atoms with E-state index < -0.39 is 21.8 Å². The lowest BCUT2D eigenvalue weighted by atomic mass is 10.1. The molecule has 0 spiro atoms. The number of carbonyl (C=O) groups excluding carboxylic acids is 2. The average Bonchev–Trinajstić information content (AvgIpc) is 2.99. The van der Waals surface area contributed by atoms with Gasteiger partial charge in [-0.15, -0.1) is 0 Å². The van der Waals surface area contributed by atoms with Crippen LogP contribution in [0.3, 0.4) is 0 Å². The molecule has 170 valence electrons. The first-order valence-corrected chi connectivity index (χ1v) is 12.3. The highest BCUT2D eigenvalue weighted by atomic mass is 35.5. The van der Waals surface area contributed by atoms with Gasteiger partial charge in [-0.25, -0.2) is 12.7 Å². The SMILES string of the molecule is COc1ccccc1N1CCN(C(=O)c2ccc(N3C(=O)[C@H](C)CS3(=O)=O)cc2Cl)CC1. The summed E-state index contributed by atoms with van der Waals surface area (Å²) < 4.78 is 30.9. The maximum atomic E-state index is 13.1. The first kappa shape index (κ1) is 22.4. The van der Waals surface area contributed by atoms with Crippen molar-refractivity contribution in [1.82, 2.24) is 4.90 Å². The van der Waals surface area contributed by atoms with Gasteiger partial charge in [-0.1, -0.05) is 30.7 Å². The van der Waals surface area contributed by atoms with Crippen LogP contribution >= 0.6 is 11.6 Å². The van der Waals surface area contributed by atoms with Crippen molar-refractivity contribution in [2.24, 2.45) is 5.92 Å². The fraction of sp³-hybridized carbons (Fsp3) is 0.364. The molecule has 8 nitrogen and oxygen atoms in total. The Bertz CT molecular complexity index is 1160. The maximum absolute atomic E-state index is 13.1. The monoisotopic (exact) mass is 477 g/mol. The molecule has 0 aliphatic carbocycles. The molecule has 2 saturated heterocycles. The summed E-state index contributed by atoms with van der Waals surface area (Å²) in [5.41, 5.74) is 1.41. The molecule has 2 amide bonds. The lowest BCUT2D eigenvalue weighted by Crippen LogP contribution is -2.49. The van der Waals surface area contributed by atoms with Gasteiger partial charge in [-0.2, -0.15) is 0 Å². The van der Waals surface area contributed by atoms with Gasteiger partial charge in [0.25, 0.3) is 5.91 Å². The van der Waals surface area contributed by atoms with E-state index in [0.29, 0.717) is 26.2 Å². The summed E-state index contributed by atoms with van der Waals surface area (Å²) in [6.45, 7) is 3.86. The maximum Gasteiger partial charge on any atom is 0.255 e. The van der Waals surface area contributed by atoms with Crippen molar-refractivity contribution in [3.63, 3.8) is 0 Å². The summed E-state index contributed by atoms with van der Waals surface area (Å²) in [5, 5.41) is 0.113. The molecule has 2 aromatic carbocycles. The molecule has 32 heavy (non-hydrogen) atoms. The Hall–Kier alpha value is -2.78. The number of carbonyl (C=O) groups is 2. The number of rotatable bonds is 4. The minimum atomic E-state index is -3.73. The molecule has 2 fully saturated rings. The molecular formula is C22H24ClN3O5S. The number of para-hydroxylation sites is 2. The van der Waals surface area contributed by atoms with E-state index >= 15 is 0 Å². The smallest absolute Gasteiger partial charge is 0.255 e. The summed E-state index contributed by atoms with van der Waals surface area (Å²) in [4.78, 5) is 29.2. The summed E-state index contributed by atoms with van der Waals surface area (Å²) in [6.07, 6.45) is 0. The molecule has 2 heterocycles. The number of hydrogen-bond acceptors (Lipinski definition) is 6. The van der Waals surface area contributed by atoms with Crippen molar-refractivity contribution in [3.05, 3.63) is 53.1 Å². The molecular weight excluding hydrogens is 454 g/mol. The molecule has 4 rings (SSSR count). The highest BCUT2D eigenvalue weighted by Crippen LogP contribution is 2.32. The highest BCUT2D eigenvalue weighted by Gasteiger charge is 2.42. The third-order valence-corrected chi connectivity index (χ3v) is 7.95. The number of benzene rings is 2. The zero-order valence-corrected chi connectivity index (χ0v) is 19.4. The van der Waals surface area contributed by atoms with Gasteiger partial charge in [0.1, 0.15) is 5.75 Å². The van der Waals surface area contributed by atoms with E-state index in [2.05, 4.69) is 4.90 Å². The van der Waals surface area contributed by atoms with Crippen LogP contribution in [0.2, 0.25) is 5.02 Å². The van der Waals surface area contributed by atoms with Crippen LogP contribution in [0.1, 0.15) is 17.3 Å². The Morgan fingerprint density at radius 1 is 1.09 bits per heavy atom. The number of ether oxygens (including phenoxy) is 1. The van der Waals surface area contributed by atoms with Crippen molar-refractivity contribution in [1.29, 1.82) is 0 Å². The fourth-order valence-corrected chi connectivity index (χ4v) is 6.17. The summed E-state index contributed by atoms with van der Waals surface area (Å²) in [5.74, 6) is -0.787. The van der Waals surface area contributed by atoms with Gasteiger partial charge >= 0.3 is 0 Å². The van der Waals surface area contributed by atoms with Gasteiger partial charge in [-0.3, -0.25) is 9.59 Å². The first-order valence-electron chi connectivity index (χ1n) is 10.3. The number of hydrogen-bond donors (Lipinski definition) is 0. The molecule has 0 N–H and O–H groups in total. The number of nitrogens with zero attached hydrogens (tertiary/aromatic N) is 3.